The van der Waals surface area contributed by atoms with Crippen molar-refractivity contribution in [2.45, 2.75) is 35.2 Å². The molecule has 0 aromatic carbocycles. The number of nitrogens with zero attached hydrogens (tertiary/aromatic N) is 5. The maximum atomic E-state index is 14.7. The zero-order valence-electron chi connectivity index (χ0n) is 20.3. The number of amides is 1. The number of thioether (sulfide) groups is 1. The van der Waals surface area contributed by atoms with Gasteiger partial charge in [-0.05, 0) is 43.1 Å². The highest BCUT2D eigenvalue weighted by molar-refractivity contribution is 8.00. The third-order valence-corrected chi connectivity index (χ3v) is 7.85. The second-order valence-corrected chi connectivity index (χ2v) is 10.9. The highest BCUT2D eigenvalue weighted by Crippen LogP contribution is 2.44. The minimum absolute atomic E-state index is 0.00280. The zero-order chi connectivity index (χ0) is 27.7. The monoisotopic (exact) mass is 579 g/mol. The summed E-state index contributed by atoms with van der Waals surface area (Å²) < 4.78 is 62.0. The molecule has 4 aromatic rings. The summed E-state index contributed by atoms with van der Waals surface area (Å²) in [6.07, 6.45) is 0.826. The molecule has 5 rings (SSSR count). The van der Waals surface area contributed by atoms with E-state index in [0.717, 1.165) is 0 Å². The molecule has 0 radical (unpaired) electrons. The van der Waals surface area contributed by atoms with Crippen molar-refractivity contribution in [3.63, 3.8) is 0 Å². The maximum Gasteiger partial charge on any atom is 0.447 e. The van der Waals surface area contributed by atoms with Crippen LogP contribution in [0, 0.1) is 11.3 Å². The van der Waals surface area contributed by atoms with E-state index in [9.17, 15) is 27.6 Å². The molecule has 0 saturated carbocycles. The normalized spacial score (nSPS) is 19.1. The Morgan fingerprint density at radius 2 is 2.18 bits per heavy atom. The van der Waals surface area contributed by atoms with E-state index in [1.54, 1.807) is 29.6 Å². The van der Waals surface area contributed by atoms with Crippen LogP contribution in [0.3, 0.4) is 0 Å². The molecule has 204 valence electrons. The van der Waals surface area contributed by atoms with Crippen molar-refractivity contribution in [2.24, 2.45) is 0 Å². The molecule has 1 unspecified atom stereocenters. The summed E-state index contributed by atoms with van der Waals surface area (Å²) in [5.41, 5.74) is -3.82. The molecule has 3 atom stereocenters. The molecule has 1 saturated heterocycles. The van der Waals surface area contributed by atoms with Crippen LogP contribution in [0.1, 0.15) is 28.0 Å². The van der Waals surface area contributed by atoms with Gasteiger partial charge in [0.25, 0.3) is 11.8 Å². The molecule has 1 amide bonds. The van der Waals surface area contributed by atoms with Gasteiger partial charge < -0.3 is 24.5 Å². The molecule has 1 aliphatic rings. The number of rotatable bonds is 7. The number of nitriles is 1. The van der Waals surface area contributed by atoms with Crippen LogP contribution in [0.15, 0.2) is 51.5 Å². The van der Waals surface area contributed by atoms with E-state index in [-0.39, 0.29) is 40.6 Å². The van der Waals surface area contributed by atoms with Gasteiger partial charge in [-0.25, -0.2) is 4.39 Å². The number of nitrogens with one attached hydrogen (secondary N) is 2. The fraction of sp³-hybridized carbons (Fsp3) is 0.333. The molecule has 1 fully saturated rings. The van der Waals surface area contributed by atoms with Crippen molar-refractivity contribution >= 4 is 40.2 Å². The topological polar surface area (TPSA) is 111 Å². The molecular weight excluding hydrogens is 558 g/mol. The second kappa shape index (κ2) is 10.9. The number of likely N-dealkylation sites (tertiary alicyclic amines) is 1. The van der Waals surface area contributed by atoms with E-state index in [1.165, 1.54) is 28.0 Å². The van der Waals surface area contributed by atoms with Crippen molar-refractivity contribution < 1.29 is 26.9 Å². The highest BCUT2D eigenvalue weighted by Gasteiger charge is 2.35. The van der Waals surface area contributed by atoms with Gasteiger partial charge in [-0.15, -0.1) is 11.3 Å². The summed E-state index contributed by atoms with van der Waals surface area (Å²) >= 11 is 0.818. The Hall–Kier alpha value is -3.61. The first-order valence-corrected chi connectivity index (χ1v) is 13.4. The van der Waals surface area contributed by atoms with E-state index in [0.29, 0.717) is 29.0 Å². The Kier molecular flexibility index (Phi) is 7.52. The number of hydrogen-bond donors (Lipinski definition) is 2. The third kappa shape index (κ3) is 5.87. The van der Waals surface area contributed by atoms with E-state index in [4.69, 9.17) is 4.52 Å². The quantitative estimate of drug-likeness (QED) is 0.230. The molecule has 9 nitrogen and oxygen atoms in total. The van der Waals surface area contributed by atoms with Crippen molar-refractivity contribution in [3.05, 3.63) is 52.7 Å². The Morgan fingerprint density at radius 1 is 1.36 bits per heavy atom. The number of carbonyl (C=O) groups excluding carboxylic acids is 1. The lowest BCUT2D eigenvalue weighted by molar-refractivity contribution is -0.0329. The molecule has 0 bridgehead atoms. The minimum Gasteiger partial charge on any atom is -0.378 e. The lowest BCUT2D eigenvalue weighted by Crippen LogP contribution is -2.46. The van der Waals surface area contributed by atoms with Crippen LogP contribution in [0.25, 0.3) is 16.9 Å². The predicted octanol–water partition coefficient (Wildman–Crippen LogP) is 5.11. The van der Waals surface area contributed by atoms with Gasteiger partial charge in [0.15, 0.2) is 6.04 Å². The third-order valence-electron chi connectivity index (χ3n) is 6.14. The summed E-state index contributed by atoms with van der Waals surface area (Å²) in [5, 5.41) is 20.5. The number of fused-ring (bicyclic) bond motifs is 1. The summed E-state index contributed by atoms with van der Waals surface area (Å²) in [4.78, 5) is 18.8. The van der Waals surface area contributed by atoms with E-state index in [1.807, 2.05) is 18.0 Å². The summed E-state index contributed by atoms with van der Waals surface area (Å²) in [7, 11) is 1.83. The molecule has 2 N–H and O–H groups in total. The summed E-state index contributed by atoms with van der Waals surface area (Å²) in [6, 6.07) is 7.96. The van der Waals surface area contributed by atoms with E-state index in [2.05, 4.69) is 20.8 Å². The molecule has 15 heteroatoms. The van der Waals surface area contributed by atoms with Crippen molar-refractivity contribution in [2.75, 3.05) is 25.5 Å². The molecule has 39 heavy (non-hydrogen) atoms. The van der Waals surface area contributed by atoms with Crippen LogP contribution in [0.2, 0.25) is 0 Å². The molecule has 5 heterocycles. The van der Waals surface area contributed by atoms with Gasteiger partial charge in [0, 0.05) is 31.0 Å². The van der Waals surface area contributed by atoms with Crippen LogP contribution in [-0.2, 0) is 0 Å². The van der Waals surface area contributed by atoms with Crippen molar-refractivity contribution in [1.82, 2.24) is 24.8 Å². The Balaban J connectivity index is 1.50. The van der Waals surface area contributed by atoms with Gasteiger partial charge in [0.2, 0.25) is 5.82 Å². The van der Waals surface area contributed by atoms with Gasteiger partial charge in [0.05, 0.1) is 38.8 Å². The highest BCUT2D eigenvalue weighted by atomic mass is 32.2. The molecular formula is C24H21F4N7O2S2. The number of carbonyl (C=O) groups is 1. The van der Waals surface area contributed by atoms with E-state index < -0.39 is 29.7 Å². The fourth-order valence-electron chi connectivity index (χ4n) is 4.31. The molecule has 0 aliphatic carbocycles. The summed E-state index contributed by atoms with van der Waals surface area (Å²) in [6.45, 7) is 0.925. The first-order valence-electron chi connectivity index (χ1n) is 11.7. The number of halogens is 4. The number of hydrogen-bond acceptors (Lipinski definition) is 9. The average molecular weight is 580 g/mol. The van der Waals surface area contributed by atoms with Crippen LogP contribution in [-0.4, -0.2) is 63.2 Å². The number of piperidine rings is 1. The minimum atomic E-state index is -4.64. The molecule has 1 aliphatic heterocycles. The Morgan fingerprint density at radius 3 is 2.87 bits per heavy atom. The predicted molar refractivity (Wildman–Crippen MR) is 137 cm³/mol. The van der Waals surface area contributed by atoms with Crippen molar-refractivity contribution in [1.29, 1.82) is 5.26 Å². The number of anilines is 1. The van der Waals surface area contributed by atoms with Crippen LogP contribution in [0.5, 0.6) is 0 Å². The van der Waals surface area contributed by atoms with Gasteiger partial charge in [-0.2, -0.15) is 23.4 Å². The first-order chi connectivity index (χ1) is 18.6. The number of pyridine rings is 1. The van der Waals surface area contributed by atoms with Crippen molar-refractivity contribution in [3.8, 4) is 17.5 Å². The maximum absolute atomic E-state index is 14.7. The van der Waals surface area contributed by atoms with Crippen LogP contribution < -0.4 is 10.6 Å². The van der Waals surface area contributed by atoms with Gasteiger partial charge in [0.1, 0.15) is 6.17 Å². The Bertz CT molecular complexity index is 1510. The first kappa shape index (κ1) is 27.0. The van der Waals surface area contributed by atoms with Gasteiger partial charge >= 0.3 is 5.51 Å². The Labute approximate surface area is 227 Å². The number of aromatic nitrogens is 3. The molecule has 4 aromatic heterocycles. The SMILES string of the molecule is CN1CC[C@@H](Nc2cccn3c(SC(F)(F)F)c(-c4noc(C(C#N)NC(=O)c5cccs5)n4)cc23)[C@@H](F)C1. The number of thiophene rings is 1. The average Bonchev–Trinajstić information content (AvgIpc) is 3.64. The zero-order valence-corrected chi connectivity index (χ0v) is 21.9. The van der Waals surface area contributed by atoms with Gasteiger partial charge in [-0.3, -0.25) is 4.79 Å². The summed E-state index contributed by atoms with van der Waals surface area (Å²) in [5.74, 6) is -1.00. The van der Waals surface area contributed by atoms with Crippen LogP contribution >= 0.6 is 23.1 Å². The lowest BCUT2D eigenvalue weighted by Gasteiger charge is -2.33. The van der Waals surface area contributed by atoms with Crippen LogP contribution in [0.4, 0.5) is 23.2 Å². The standard InChI is InChI=1S/C24H21F4N7O2S2/c1-34-8-6-15(14(25)12-34)30-16-4-2-7-35-18(16)10-13(23(35)39-24(26,27)28)20-32-22(37-33-20)17(11-29)31-21(36)19-5-3-9-38-19/h2-5,7,9-10,14-15,17,30H,6,8,12H2,1H3,(H,31,36)/t14-,15+,17?/m0/s1. The van der Waals surface area contributed by atoms with Gasteiger partial charge in [-0.1, -0.05) is 11.2 Å². The smallest absolute Gasteiger partial charge is 0.378 e. The van der Waals surface area contributed by atoms with E-state index >= 15 is 0 Å². The fourth-order valence-corrected chi connectivity index (χ4v) is 5.67. The molecule has 0 spiro atoms. The number of alkyl halides is 4. The lowest BCUT2D eigenvalue weighted by atomic mass is 10.0. The largest absolute Gasteiger partial charge is 0.447 e. The second-order valence-electron chi connectivity index (χ2n) is 8.87.